The molecule has 0 bridgehead atoms. The largest absolute Gasteiger partial charge is 0.339 e. The molecule has 4 aromatic carbocycles. The summed E-state index contributed by atoms with van der Waals surface area (Å²) in [6.07, 6.45) is 3.56. The van der Waals surface area contributed by atoms with E-state index in [1.54, 1.807) is 18.2 Å². The van der Waals surface area contributed by atoms with Crippen LogP contribution in [0.1, 0.15) is 5.56 Å². The minimum Gasteiger partial charge on any atom is -0.339 e. The average Bonchev–Trinajstić information content (AvgIpc) is 3.32. The third-order valence-electron chi connectivity index (χ3n) is 6.13. The third-order valence-corrected chi connectivity index (χ3v) is 7.09. The van der Waals surface area contributed by atoms with Crippen LogP contribution in [-0.4, -0.2) is 28.2 Å². The van der Waals surface area contributed by atoms with Gasteiger partial charge in [-0.1, -0.05) is 61.2 Å². The molecule has 37 heavy (non-hydrogen) atoms. The Kier molecular flexibility index (Phi) is 5.54. The van der Waals surface area contributed by atoms with Crippen LogP contribution in [0.25, 0.3) is 32.6 Å². The monoisotopic (exact) mass is 506 g/mol. The van der Waals surface area contributed by atoms with E-state index in [1.807, 2.05) is 41.1 Å². The molecule has 2 aromatic heterocycles. The zero-order valence-corrected chi connectivity index (χ0v) is 20.5. The zero-order chi connectivity index (χ0) is 25.4. The quantitative estimate of drug-likeness (QED) is 0.283. The predicted molar refractivity (Wildman–Crippen MR) is 148 cm³/mol. The van der Waals surface area contributed by atoms with Gasteiger partial charge in [0.05, 0.1) is 17.6 Å². The summed E-state index contributed by atoms with van der Waals surface area (Å²) in [5.74, 6) is 0.554. The van der Waals surface area contributed by atoms with E-state index in [4.69, 9.17) is 5.10 Å². The summed E-state index contributed by atoms with van der Waals surface area (Å²) < 4.78 is 28.4. The number of benzene rings is 4. The lowest BCUT2D eigenvalue weighted by atomic mass is 10.0. The molecule has 6 rings (SSSR count). The zero-order valence-electron chi connectivity index (χ0n) is 19.7. The van der Waals surface area contributed by atoms with Crippen molar-refractivity contribution in [1.29, 1.82) is 0 Å². The van der Waals surface area contributed by atoms with Gasteiger partial charge in [0.25, 0.3) is 10.0 Å². The van der Waals surface area contributed by atoms with Gasteiger partial charge in [0.2, 0.25) is 0 Å². The number of hydrogen-bond donors (Lipinski definition) is 2. The summed E-state index contributed by atoms with van der Waals surface area (Å²) in [7, 11) is -3.64. The summed E-state index contributed by atoms with van der Waals surface area (Å²) in [6, 6.07) is 25.5. The molecular formula is C28H22N6O2S. The second-order valence-electron chi connectivity index (χ2n) is 8.61. The van der Waals surface area contributed by atoms with Crippen molar-refractivity contribution in [3.8, 4) is 0 Å². The first kappa shape index (κ1) is 22.7. The molecule has 0 spiro atoms. The van der Waals surface area contributed by atoms with Crippen molar-refractivity contribution in [2.24, 2.45) is 0 Å². The molecule has 0 aliphatic carbocycles. The number of rotatable bonds is 7. The fourth-order valence-corrected chi connectivity index (χ4v) is 4.96. The van der Waals surface area contributed by atoms with Crippen LogP contribution in [0.5, 0.6) is 0 Å². The fraction of sp³-hybridized carbons (Fsp3) is 0.0357. The summed E-state index contributed by atoms with van der Waals surface area (Å²) >= 11 is 0. The van der Waals surface area contributed by atoms with Gasteiger partial charge in [-0.3, -0.25) is 9.40 Å². The van der Waals surface area contributed by atoms with E-state index in [0.29, 0.717) is 29.0 Å². The number of hydrogen-bond acceptors (Lipinski definition) is 6. The summed E-state index contributed by atoms with van der Waals surface area (Å²) in [4.78, 5) is 8.80. The SMILES string of the molecule is C=CS(=O)(=O)Nc1ccc2ncnc(Nc3cc4nn(Cc5ccccc5)cc4c4ccccc34)c2c1. The highest BCUT2D eigenvalue weighted by Gasteiger charge is 2.13. The maximum atomic E-state index is 12.0. The molecule has 0 fully saturated rings. The Bertz CT molecular complexity index is 1900. The lowest BCUT2D eigenvalue weighted by Gasteiger charge is -2.13. The van der Waals surface area contributed by atoms with Gasteiger partial charge in [0.1, 0.15) is 12.1 Å². The van der Waals surface area contributed by atoms with E-state index >= 15 is 0 Å². The summed E-state index contributed by atoms with van der Waals surface area (Å²) in [5, 5.41) is 13.0. The lowest BCUT2D eigenvalue weighted by Crippen LogP contribution is -2.08. The van der Waals surface area contributed by atoms with E-state index in [2.05, 4.69) is 57.0 Å². The van der Waals surface area contributed by atoms with Crippen LogP contribution in [0.3, 0.4) is 0 Å². The number of anilines is 3. The van der Waals surface area contributed by atoms with Crippen LogP contribution in [-0.2, 0) is 16.6 Å². The molecule has 0 radical (unpaired) electrons. The molecule has 6 aromatic rings. The second-order valence-corrected chi connectivity index (χ2v) is 10.2. The van der Waals surface area contributed by atoms with E-state index in [-0.39, 0.29) is 0 Å². The molecule has 0 atom stereocenters. The Morgan fingerprint density at radius 1 is 0.838 bits per heavy atom. The van der Waals surface area contributed by atoms with Crippen molar-refractivity contribution in [1.82, 2.24) is 19.7 Å². The molecule has 9 heteroatoms. The molecule has 0 unspecified atom stereocenters. The van der Waals surface area contributed by atoms with E-state index in [1.165, 1.54) is 11.9 Å². The molecular weight excluding hydrogens is 484 g/mol. The summed E-state index contributed by atoms with van der Waals surface area (Å²) in [5.41, 5.74) is 3.94. The minimum atomic E-state index is -3.64. The first-order valence-electron chi connectivity index (χ1n) is 11.6. The van der Waals surface area contributed by atoms with Crippen LogP contribution in [0.4, 0.5) is 17.2 Å². The minimum absolute atomic E-state index is 0.394. The maximum Gasteiger partial charge on any atom is 0.254 e. The van der Waals surface area contributed by atoms with Gasteiger partial charge < -0.3 is 5.32 Å². The number of sulfonamides is 1. The van der Waals surface area contributed by atoms with Crippen molar-refractivity contribution in [2.75, 3.05) is 10.0 Å². The maximum absolute atomic E-state index is 12.0. The van der Waals surface area contributed by atoms with Gasteiger partial charge in [0, 0.05) is 39.1 Å². The van der Waals surface area contributed by atoms with Crippen LogP contribution >= 0.6 is 0 Å². The fourth-order valence-electron chi connectivity index (χ4n) is 4.43. The first-order valence-corrected chi connectivity index (χ1v) is 13.1. The highest BCUT2D eigenvalue weighted by atomic mass is 32.2. The van der Waals surface area contributed by atoms with Gasteiger partial charge in [-0.05, 0) is 35.2 Å². The van der Waals surface area contributed by atoms with Crippen molar-refractivity contribution in [3.63, 3.8) is 0 Å². The van der Waals surface area contributed by atoms with Crippen LogP contribution in [0.15, 0.2) is 103 Å². The van der Waals surface area contributed by atoms with E-state index in [9.17, 15) is 8.42 Å². The highest BCUT2D eigenvalue weighted by Crippen LogP contribution is 2.34. The normalized spacial score (nSPS) is 11.7. The standard InChI is InChI=1S/C28H22N6O2S/c1-2-37(35,36)33-20-12-13-25-23(14-20)28(30-18-29-25)31-26-15-27-24(21-10-6-7-11-22(21)26)17-34(32-27)16-19-8-4-3-5-9-19/h2-15,17-18,33H,1,16H2,(H,29,30,31). The van der Waals surface area contributed by atoms with Gasteiger partial charge >= 0.3 is 0 Å². The molecule has 0 aliphatic heterocycles. The highest BCUT2D eigenvalue weighted by molar-refractivity contribution is 7.95. The average molecular weight is 507 g/mol. The van der Waals surface area contributed by atoms with Crippen molar-refractivity contribution in [3.05, 3.63) is 109 Å². The molecule has 0 saturated heterocycles. The molecule has 0 amide bonds. The lowest BCUT2D eigenvalue weighted by molar-refractivity contribution is 0.609. The summed E-state index contributed by atoms with van der Waals surface area (Å²) in [6.45, 7) is 4.02. The number of nitrogens with one attached hydrogen (secondary N) is 2. The molecule has 0 aliphatic rings. The van der Waals surface area contributed by atoms with Gasteiger partial charge in [-0.15, -0.1) is 0 Å². The molecule has 0 saturated carbocycles. The van der Waals surface area contributed by atoms with Crippen LogP contribution < -0.4 is 10.0 Å². The number of nitrogens with zero attached hydrogens (tertiary/aromatic N) is 4. The van der Waals surface area contributed by atoms with Crippen molar-refractivity contribution in [2.45, 2.75) is 6.54 Å². The van der Waals surface area contributed by atoms with E-state index < -0.39 is 10.0 Å². The number of aromatic nitrogens is 4. The Hall–Kier alpha value is -4.76. The topological polar surface area (TPSA) is 102 Å². The smallest absolute Gasteiger partial charge is 0.254 e. The van der Waals surface area contributed by atoms with Gasteiger partial charge in [-0.2, -0.15) is 5.10 Å². The Morgan fingerprint density at radius 3 is 2.43 bits per heavy atom. The Balaban J connectivity index is 1.44. The third kappa shape index (κ3) is 4.48. The van der Waals surface area contributed by atoms with Gasteiger partial charge in [-0.25, -0.2) is 18.4 Å². The van der Waals surface area contributed by atoms with Crippen LogP contribution in [0, 0.1) is 0 Å². The first-order chi connectivity index (χ1) is 18.0. The Labute approximate surface area is 213 Å². The van der Waals surface area contributed by atoms with Gasteiger partial charge in [0.15, 0.2) is 0 Å². The predicted octanol–water partition coefficient (Wildman–Crippen LogP) is 5.81. The number of fused-ring (bicyclic) bond motifs is 4. The van der Waals surface area contributed by atoms with E-state index in [0.717, 1.165) is 32.8 Å². The molecule has 8 nitrogen and oxygen atoms in total. The van der Waals surface area contributed by atoms with Crippen LogP contribution in [0.2, 0.25) is 0 Å². The molecule has 2 heterocycles. The Morgan fingerprint density at radius 2 is 1.62 bits per heavy atom. The second kappa shape index (κ2) is 9.03. The molecule has 2 N–H and O–H groups in total. The van der Waals surface area contributed by atoms with Crippen molar-refractivity contribution >= 4 is 59.8 Å². The van der Waals surface area contributed by atoms with Crippen molar-refractivity contribution < 1.29 is 8.42 Å². The molecule has 182 valence electrons.